The lowest BCUT2D eigenvalue weighted by Crippen LogP contribution is -2.48. The molecule has 1 saturated carbocycles. The number of rotatable bonds is 6. The zero-order valence-electron chi connectivity index (χ0n) is 14.7. The number of likely N-dealkylation sites (N-methyl/N-ethyl adjacent to an activating group) is 1. The predicted octanol–water partition coefficient (Wildman–Crippen LogP) is 2.33. The van der Waals surface area contributed by atoms with Crippen molar-refractivity contribution in [2.45, 2.75) is 44.7 Å². The molecule has 7 heteroatoms. The lowest BCUT2D eigenvalue weighted by Gasteiger charge is -2.31. The van der Waals surface area contributed by atoms with Gasteiger partial charge in [0.1, 0.15) is 11.8 Å². The second-order valence-electron chi connectivity index (χ2n) is 6.51. The van der Waals surface area contributed by atoms with Crippen LogP contribution < -0.4 is 10.6 Å². The van der Waals surface area contributed by atoms with Crippen LogP contribution in [0, 0.1) is 0 Å². The molecular weight excluding hydrogens is 322 g/mol. The second kappa shape index (κ2) is 7.74. The minimum absolute atomic E-state index is 0.271. The van der Waals surface area contributed by atoms with Crippen LogP contribution >= 0.6 is 0 Å². The fourth-order valence-corrected chi connectivity index (χ4v) is 3.59. The quantitative estimate of drug-likeness (QED) is 0.772. The maximum absolute atomic E-state index is 12.6. The standard InChI is InChI=1S/C18H25N3O4/c1-3-24-17(22)15-13(11-21(2)12-7-4-5-8-12)19-18(23)20-16(15)14-9-6-10-25-14/h6,9-10,12,16H,3-5,7-8,11H2,1-2H3,(H2,19,20,23). The van der Waals surface area contributed by atoms with Gasteiger partial charge in [-0.2, -0.15) is 0 Å². The lowest BCUT2D eigenvalue weighted by atomic mass is 9.99. The van der Waals surface area contributed by atoms with Crippen LogP contribution in [0.15, 0.2) is 34.1 Å². The molecule has 2 amide bonds. The highest BCUT2D eigenvalue weighted by molar-refractivity contribution is 5.95. The zero-order valence-corrected chi connectivity index (χ0v) is 14.7. The highest BCUT2D eigenvalue weighted by atomic mass is 16.5. The molecule has 136 valence electrons. The van der Waals surface area contributed by atoms with Gasteiger partial charge in [-0.3, -0.25) is 4.90 Å². The first-order valence-electron chi connectivity index (χ1n) is 8.81. The minimum Gasteiger partial charge on any atom is -0.467 e. The zero-order chi connectivity index (χ0) is 17.8. The molecule has 3 rings (SSSR count). The summed E-state index contributed by atoms with van der Waals surface area (Å²) in [6.07, 6.45) is 6.26. The average Bonchev–Trinajstić information content (AvgIpc) is 3.28. The number of amides is 2. The van der Waals surface area contributed by atoms with Gasteiger partial charge in [-0.1, -0.05) is 12.8 Å². The number of urea groups is 1. The van der Waals surface area contributed by atoms with E-state index in [0.29, 0.717) is 29.6 Å². The summed E-state index contributed by atoms with van der Waals surface area (Å²) in [4.78, 5) is 26.9. The average molecular weight is 347 g/mol. The van der Waals surface area contributed by atoms with Crippen molar-refractivity contribution < 1.29 is 18.7 Å². The van der Waals surface area contributed by atoms with Crippen LogP contribution in [0.3, 0.4) is 0 Å². The topological polar surface area (TPSA) is 83.8 Å². The number of esters is 1. The molecule has 2 aliphatic rings. The largest absolute Gasteiger partial charge is 0.467 e. The van der Waals surface area contributed by atoms with Crippen molar-refractivity contribution in [1.29, 1.82) is 0 Å². The van der Waals surface area contributed by atoms with Crippen LogP contribution in [0.2, 0.25) is 0 Å². The smallest absolute Gasteiger partial charge is 0.338 e. The van der Waals surface area contributed by atoms with Crippen molar-refractivity contribution >= 4 is 12.0 Å². The van der Waals surface area contributed by atoms with Crippen LogP contribution in [0.4, 0.5) is 4.79 Å². The van der Waals surface area contributed by atoms with E-state index < -0.39 is 12.0 Å². The van der Waals surface area contributed by atoms with Crippen LogP contribution in [-0.2, 0) is 9.53 Å². The Hall–Kier alpha value is -2.28. The Balaban J connectivity index is 1.92. The van der Waals surface area contributed by atoms with Crippen molar-refractivity contribution in [1.82, 2.24) is 15.5 Å². The van der Waals surface area contributed by atoms with Gasteiger partial charge in [0.25, 0.3) is 0 Å². The van der Waals surface area contributed by atoms with E-state index in [0.717, 1.165) is 12.8 Å². The monoisotopic (exact) mass is 347 g/mol. The van der Waals surface area contributed by atoms with Gasteiger partial charge in [-0.25, -0.2) is 9.59 Å². The molecule has 1 aromatic heterocycles. The number of carbonyl (C=O) groups excluding carboxylic acids is 2. The summed E-state index contributed by atoms with van der Waals surface area (Å²) in [6.45, 7) is 2.52. The predicted molar refractivity (Wildman–Crippen MR) is 91.7 cm³/mol. The summed E-state index contributed by atoms with van der Waals surface area (Å²) in [5.74, 6) is 0.0742. The summed E-state index contributed by atoms with van der Waals surface area (Å²) in [6, 6.07) is 2.97. The molecule has 25 heavy (non-hydrogen) atoms. The molecule has 0 aromatic carbocycles. The van der Waals surface area contributed by atoms with E-state index in [4.69, 9.17) is 9.15 Å². The number of nitrogens with one attached hydrogen (secondary N) is 2. The molecular formula is C18H25N3O4. The summed E-state index contributed by atoms with van der Waals surface area (Å²) in [5.41, 5.74) is 0.985. The Kier molecular flexibility index (Phi) is 5.43. The highest BCUT2D eigenvalue weighted by Crippen LogP contribution is 2.29. The van der Waals surface area contributed by atoms with Crippen molar-refractivity contribution in [3.05, 3.63) is 35.4 Å². The molecule has 0 bridgehead atoms. The van der Waals surface area contributed by atoms with Gasteiger partial charge in [0.05, 0.1) is 18.4 Å². The Labute approximate surface area is 147 Å². The first-order chi connectivity index (χ1) is 12.1. The summed E-state index contributed by atoms with van der Waals surface area (Å²) in [5, 5.41) is 5.56. The van der Waals surface area contributed by atoms with Gasteiger partial charge in [-0.05, 0) is 38.9 Å². The van der Waals surface area contributed by atoms with Gasteiger partial charge in [-0.15, -0.1) is 0 Å². The van der Waals surface area contributed by atoms with Gasteiger partial charge in [0.15, 0.2) is 0 Å². The van der Waals surface area contributed by atoms with E-state index in [1.165, 1.54) is 19.1 Å². The van der Waals surface area contributed by atoms with Crippen molar-refractivity contribution in [3.8, 4) is 0 Å². The van der Waals surface area contributed by atoms with Crippen molar-refractivity contribution in [2.24, 2.45) is 0 Å². The first-order valence-corrected chi connectivity index (χ1v) is 8.81. The van der Waals surface area contributed by atoms with Crippen LogP contribution in [0.25, 0.3) is 0 Å². The molecule has 0 radical (unpaired) electrons. The SMILES string of the molecule is CCOC(=O)C1=C(CN(C)C2CCCC2)NC(=O)NC1c1ccco1. The van der Waals surface area contributed by atoms with Gasteiger partial charge in [0, 0.05) is 18.3 Å². The number of carbonyl (C=O) groups is 2. The number of ether oxygens (including phenoxy) is 1. The Morgan fingerprint density at radius 3 is 2.80 bits per heavy atom. The molecule has 1 aliphatic heterocycles. The molecule has 2 N–H and O–H groups in total. The molecule has 1 atom stereocenters. The summed E-state index contributed by atoms with van der Waals surface area (Å²) in [7, 11) is 2.03. The molecule has 1 aliphatic carbocycles. The van der Waals surface area contributed by atoms with E-state index in [1.54, 1.807) is 19.1 Å². The van der Waals surface area contributed by atoms with Crippen LogP contribution in [0.1, 0.15) is 44.4 Å². The number of nitrogens with zero attached hydrogens (tertiary/aromatic N) is 1. The highest BCUT2D eigenvalue weighted by Gasteiger charge is 2.36. The van der Waals surface area contributed by atoms with Crippen molar-refractivity contribution in [2.75, 3.05) is 20.2 Å². The third kappa shape index (κ3) is 3.87. The normalized spacial score (nSPS) is 21.4. The lowest BCUT2D eigenvalue weighted by molar-refractivity contribution is -0.139. The molecule has 0 spiro atoms. The van der Waals surface area contributed by atoms with Crippen molar-refractivity contribution in [3.63, 3.8) is 0 Å². The van der Waals surface area contributed by atoms with Gasteiger partial charge in [0.2, 0.25) is 0 Å². The fourth-order valence-electron chi connectivity index (χ4n) is 3.59. The first kappa shape index (κ1) is 17.5. The Bertz CT molecular complexity index is 647. The molecule has 1 aromatic rings. The molecule has 7 nitrogen and oxygen atoms in total. The number of hydrogen-bond donors (Lipinski definition) is 2. The van der Waals surface area contributed by atoms with E-state index in [-0.39, 0.29) is 12.6 Å². The molecule has 1 unspecified atom stereocenters. The minimum atomic E-state index is -0.644. The Morgan fingerprint density at radius 1 is 1.40 bits per heavy atom. The summed E-state index contributed by atoms with van der Waals surface area (Å²) >= 11 is 0. The van der Waals surface area contributed by atoms with E-state index in [9.17, 15) is 9.59 Å². The summed E-state index contributed by atoms with van der Waals surface area (Å²) < 4.78 is 10.7. The third-order valence-corrected chi connectivity index (χ3v) is 4.83. The number of furan rings is 1. The maximum Gasteiger partial charge on any atom is 0.338 e. The molecule has 2 heterocycles. The molecule has 1 fully saturated rings. The maximum atomic E-state index is 12.6. The Morgan fingerprint density at radius 2 is 2.16 bits per heavy atom. The fraction of sp³-hybridized carbons (Fsp3) is 0.556. The van der Waals surface area contributed by atoms with Crippen LogP contribution in [-0.4, -0.2) is 43.1 Å². The number of hydrogen-bond acceptors (Lipinski definition) is 5. The van der Waals surface area contributed by atoms with Crippen LogP contribution in [0.5, 0.6) is 0 Å². The van der Waals surface area contributed by atoms with Gasteiger partial charge >= 0.3 is 12.0 Å². The van der Waals surface area contributed by atoms with E-state index >= 15 is 0 Å². The van der Waals surface area contributed by atoms with Gasteiger partial charge < -0.3 is 19.8 Å². The second-order valence-corrected chi connectivity index (χ2v) is 6.51. The molecule has 0 saturated heterocycles. The van der Waals surface area contributed by atoms with E-state index in [1.807, 2.05) is 7.05 Å². The third-order valence-electron chi connectivity index (χ3n) is 4.83. The van der Waals surface area contributed by atoms with E-state index in [2.05, 4.69) is 15.5 Å².